The average molecular weight is 304 g/mol. The van der Waals surface area contributed by atoms with Crippen LogP contribution >= 0.6 is 0 Å². The summed E-state index contributed by atoms with van der Waals surface area (Å²) in [5, 5.41) is 42.5. The van der Waals surface area contributed by atoms with Crippen LogP contribution in [-0.4, -0.2) is 5.11 Å². The van der Waals surface area contributed by atoms with Crippen molar-refractivity contribution < 1.29 is 9.52 Å². The number of hydrogen-bond acceptors (Lipinski definition) is 7. The van der Waals surface area contributed by atoms with Gasteiger partial charge in [-0.1, -0.05) is 0 Å². The van der Waals surface area contributed by atoms with Gasteiger partial charge in [-0.2, -0.15) is 21.0 Å². The molecule has 7 nitrogen and oxygen atoms in total. The predicted octanol–water partition coefficient (Wildman–Crippen LogP) is 2.18. The standard InChI is InChI=1S/C10H8O3.C6N4/c1-6-4-10(12)13-9-5-7(11)2-3-8(6)9;7-1-5(2-8)6(3-9)4-10/h2-5,11H,1H3;. The number of hydrogen-bond donors (Lipinski definition) is 1. The number of fused-ring (bicyclic) bond motifs is 1. The molecular formula is C16H8N4O3. The molecule has 0 bridgehead atoms. The van der Waals surface area contributed by atoms with Gasteiger partial charge in [-0.05, 0) is 24.6 Å². The van der Waals surface area contributed by atoms with E-state index >= 15 is 0 Å². The molecule has 110 valence electrons. The molecule has 0 atom stereocenters. The Morgan fingerprint density at radius 2 is 1.52 bits per heavy atom. The minimum Gasteiger partial charge on any atom is -0.508 e. The molecule has 0 radical (unpaired) electrons. The average Bonchev–Trinajstić information content (AvgIpc) is 2.52. The quantitative estimate of drug-likeness (QED) is 0.579. The van der Waals surface area contributed by atoms with Crippen molar-refractivity contribution >= 4 is 11.0 Å². The van der Waals surface area contributed by atoms with E-state index in [2.05, 4.69) is 0 Å². The maximum absolute atomic E-state index is 11.0. The Balaban J connectivity index is 0.000000241. The van der Waals surface area contributed by atoms with E-state index in [0.29, 0.717) is 5.58 Å². The van der Waals surface area contributed by atoms with Gasteiger partial charge in [0.2, 0.25) is 0 Å². The highest BCUT2D eigenvalue weighted by Gasteiger charge is 2.02. The van der Waals surface area contributed by atoms with Gasteiger partial charge in [-0.25, -0.2) is 4.79 Å². The van der Waals surface area contributed by atoms with Gasteiger partial charge in [0.15, 0.2) is 11.1 Å². The monoisotopic (exact) mass is 304 g/mol. The highest BCUT2D eigenvalue weighted by molar-refractivity contribution is 5.81. The SMILES string of the molecule is Cc1cc(=O)oc2cc(O)ccc12.N#CC(C#N)=C(C#N)C#N. The third-order valence-corrected chi connectivity index (χ3v) is 2.63. The third-order valence-electron chi connectivity index (χ3n) is 2.63. The van der Waals surface area contributed by atoms with Crippen molar-refractivity contribution in [3.05, 3.63) is 51.4 Å². The first kappa shape index (κ1) is 17.0. The summed E-state index contributed by atoms with van der Waals surface area (Å²) in [7, 11) is 0. The largest absolute Gasteiger partial charge is 0.508 e. The van der Waals surface area contributed by atoms with E-state index < -0.39 is 16.8 Å². The molecule has 1 N–H and O–H groups in total. The molecule has 2 rings (SSSR count). The molecule has 0 unspecified atom stereocenters. The summed E-state index contributed by atoms with van der Waals surface area (Å²) >= 11 is 0. The Morgan fingerprint density at radius 3 is 2.00 bits per heavy atom. The molecule has 0 aliphatic heterocycles. The van der Waals surface area contributed by atoms with Crippen molar-refractivity contribution in [2.75, 3.05) is 0 Å². The number of rotatable bonds is 0. The van der Waals surface area contributed by atoms with Crippen LogP contribution in [0.1, 0.15) is 5.56 Å². The van der Waals surface area contributed by atoms with Gasteiger partial charge in [0, 0.05) is 17.5 Å². The topological polar surface area (TPSA) is 146 Å². The van der Waals surface area contributed by atoms with Crippen LogP contribution in [0.5, 0.6) is 5.75 Å². The molecule has 2 aromatic rings. The minimum atomic E-state index is -0.440. The smallest absolute Gasteiger partial charge is 0.336 e. The first-order valence-corrected chi connectivity index (χ1v) is 6.05. The summed E-state index contributed by atoms with van der Waals surface area (Å²) in [5.41, 5.74) is 0.00171. The van der Waals surface area contributed by atoms with E-state index in [9.17, 15) is 4.79 Å². The van der Waals surface area contributed by atoms with E-state index in [0.717, 1.165) is 10.9 Å². The Bertz CT molecular complexity index is 939. The molecule has 0 fully saturated rings. The zero-order chi connectivity index (χ0) is 17.4. The van der Waals surface area contributed by atoms with Crippen LogP contribution < -0.4 is 5.63 Å². The Hall–Kier alpha value is -4.07. The molecule has 0 aliphatic rings. The summed E-state index contributed by atoms with van der Waals surface area (Å²) in [4.78, 5) is 11.0. The van der Waals surface area contributed by atoms with Crippen LogP contribution in [0.25, 0.3) is 11.0 Å². The predicted molar refractivity (Wildman–Crippen MR) is 78.4 cm³/mol. The Morgan fingerprint density at radius 1 is 1.00 bits per heavy atom. The van der Waals surface area contributed by atoms with Crippen molar-refractivity contribution in [1.82, 2.24) is 0 Å². The van der Waals surface area contributed by atoms with Crippen molar-refractivity contribution in [2.24, 2.45) is 0 Å². The molecule has 0 saturated heterocycles. The molecule has 1 aromatic heterocycles. The van der Waals surface area contributed by atoms with Crippen LogP contribution in [0.3, 0.4) is 0 Å². The zero-order valence-corrected chi connectivity index (χ0v) is 11.9. The molecule has 1 aromatic carbocycles. The molecule has 0 spiro atoms. The number of nitrogens with zero attached hydrogens (tertiary/aromatic N) is 4. The minimum absolute atomic E-state index is 0.0984. The number of benzene rings is 1. The van der Waals surface area contributed by atoms with Crippen molar-refractivity contribution in [3.63, 3.8) is 0 Å². The van der Waals surface area contributed by atoms with Gasteiger partial charge in [0.25, 0.3) is 0 Å². The third kappa shape index (κ3) is 4.20. The maximum Gasteiger partial charge on any atom is 0.336 e. The normalized spacial score (nSPS) is 8.39. The summed E-state index contributed by atoms with van der Waals surface area (Å²) < 4.78 is 4.91. The number of aryl methyl sites for hydroxylation is 1. The molecule has 1 heterocycles. The second-order valence-corrected chi connectivity index (χ2v) is 4.13. The molecule has 0 saturated carbocycles. The van der Waals surface area contributed by atoms with Gasteiger partial charge in [-0.15, -0.1) is 0 Å². The first-order chi connectivity index (χ1) is 11.0. The van der Waals surface area contributed by atoms with E-state index in [-0.39, 0.29) is 5.75 Å². The number of phenolic OH excluding ortho intramolecular Hbond substituents is 1. The van der Waals surface area contributed by atoms with Gasteiger partial charge in [-0.3, -0.25) is 0 Å². The number of nitriles is 4. The van der Waals surface area contributed by atoms with Crippen LogP contribution in [0, 0.1) is 52.2 Å². The fraction of sp³-hybridized carbons (Fsp3) is 0.0625. The lowest BCUT2D eigenvalue weighted by atomic mass is 10.1. The lowest BCUT2D eigenvalue weighted by Gasteiger charge is -1.99. The number of allylic oxidation sites excluding steroid dienone is 2. The Kier molecular flexibility index (Phi) is 5.64. The second-order valence-electron chi connectivity index (χ2n) is 4.13. The lowest BCUT2D eigenvalue weighted by Crippen LogP contribution is -1.97. The van der Waals surface area contributed by atoms with Gasteiger partial charge in [0.05, 0.1) is 0 Å². The molecule has 7 heteroatoms. The summed E-state index contributed by atoms with van der Waals surface area (Å²) in [6, 6.07) is 11.9. The van der Waals surface area contributed by atoms with Crippen molar-refractivity contribution in [2.45, 2.75) is 6.92 Å². The fourth-order valence-corrected chi connectivity index (χ4v) is 1.59. The van der Waals surface area contributed by atoms with E-state index in [1.54, 1.807) is 12.1 Å². The van der Waals surface area contributed by atoms with Crippen LogP contribution in [0.15, 0.2) is 44.6 Å². The van der Waals surface area contributed by atoms with E-state index in [1.165, 1.54) is 36.4 Å². The molecule has 0 aliphatic carbocycles. The molecule has 23 heavy (non-hydrogen) atoms. The first-order valence-electron chi connectivity index (χ1n) is 6.05. The number of aromatic hydroxyl groups is 1. The van der Waals surface area contributed by atoms with Crippen molar-refractivity contribution in [3.8, 4) is 30.0 Å². The molecule has 0 amide bonds. The van der Waals surface area contributed by atoms with Crippen LogP contribution in [0.4, 0.5) is 0 Å². The highest BCUT2D eigenvalue weighted by atomic mass is 16.4. The lowest BCUT2D eigenvalue weighted by molar-refractivity contribution is 0.473. The zero-order valence-electron chi connectivity index (χ0n) is 11.9. The Labute approximate surface area is 130 Å². The van der Waals surface area contributed by atoms with Crippen LogP contribution in [-0.2, 0) is 0 Å². The van der Waals surface area contributed by atoms with Gasteiger partial charge in [0.1, 0.15) is 35.6 Å². The van der Waals surface area contributed by atoms with Crippen molar-refractivity contribution in [1.29, 1.82) is 21.0 Å². The highest BCUT2D eigenvalue weighted by Crippen LogP contribution is 2.20. The summed E-state index contributed by atoms with van der Waals surface area (Å²) in [6.45, 7) is 1.83. The fourth-order valence-electron chi connectivity index (χ4n) is 1.59. The van der Waals surface area contributed by atoms with Gasteiger partial charge < -0.3 is 9.52 Å². The van der Waals surface area contributed by atoms with E-state index in [1.807, 2.05) is 6.92 Å². The maximum atomic E-state index is 11.0. The van der Waals surface area contributed by atoms with Gasteiger partial charge >= 0.3 is 5.63 Å². The molecular weight excluding hydrogens is 296 g/mol. The number of phenols is 1. The summed E-state index contributed by atoms with van der Waals surface area (Å²) in [6.07, 6.45) is 0. The summed E-state index contributed by atoms with van der Waals surface area (Å²) in [5.74, 6) is 0.0984. The second kappa shape index (κ2) is 7.64. The van der Waals surface area contributed by atoms with Crippen LogP contribution in [0.2, 0.25) is 0 Å². The van der Waals surface area contributed by atoms with E-state index in [4.69, 9.17) is 30.6 Å².